The lowest BCUT2D eigenvalue weighted by Crippen LogP contribution is -2.28. The van der Waals surface area contributed by atoms with Crippen molar-refractivity contribution in [2.45, 2.75) is 52.0 Å². The van der Waals surface area contributed by atoms with E-state index < -0.39 is 0 Å². The van der Waals surface area contributed by atoms with Gasteiger partial charge in [0.15, 0.2) is 5.11 Å². The molecule has 0 aliphatic heterocycles. The Balaban J connectivity index is 1.78. The molecule has 2 heterocycles. The van der Waals surface area contributed by atoms with E-state index in [1.807, 2.05) is 19.1 Å². The van der Waals surface area contributed by atoms with Gasteiger partial charge in [-0.25, -0.2) is 4.79 Å². The lowest BCUT2D eigenvalue weighted by molar-refractivity contribution is 0.0526. The first-order valence-electron chi connectivity index (χ1n) is 9.08. The minimum absolute atomic E-state index is 0.262. The molecule has 1 aliphatic carbocycles. The van der Waals surface area contributed by atoms with Gasteiger partial charge in [-0.2, -0.15) is 0 Å². The van der Waals surface area contributed by atoms with Gasteiger partial charge in [-0.3, -0.25) is 0 Å². The molecule has 2 aromatic rings. The van der Waals surface area contributed by atoms with Crippen LogP contribution in [0.15, 0.2) is 22.8 Å². The average molecular weight is 393 g/mol. The van der Waals surface area contributed by atoms with E-state index in [2.05, 4.69) is 10.6 Å². The van der Waals surface area contributed by atoms with Crippen LogP contribution in [-0.2, 0) is 24.1 Å². The monoisotopic (exact) mass is 392 g/mol. The summed E-state index contributed by atoms with van der Waals surface area (Å²) in [7, 11) is 0. The average Bonchev–Trinajstić information content (AvgIpc) is 3.21. The summed E-state index contributed by atoms with van der Waals surface area (Å²) in [6.45, 7) is 2.69. The predicted molar refractivity (Wildman–Crippen MR) is 108 cm³/mol. The van der Waals surface area contributed by atoms with E-state index in [0.717, 1.165) is 42.0 Å². The summed E-state index contributed by atoms with van der Waals surface area (Å²) < 4.78 is 10.6. The van der Waals surface area contributed by atoms with Crippen LogP contribution in [0.25, 0.3) is 0 Å². The number of anilines is 1. The molecule has 0 saturated carbocycles. The highest BCUT2D eigenvalue weighted by molar-refractivity contribution is 7.80. The minimum atomic E-state index is -0.262. The van der Waals surface area contributed by atoms with Crippen molar-refractivity contribution in [2.24, 2.45) is 0 Å². The molecule has 0 spiro atoms. The maximum Gasteiger partial charge on any atom is 0.341 e. The Morgan fingerprint density at radius 1 is 1.31 bits per heavy atom. The van der Waals surface area contributed by atoms with Crippen molar-refractivity contribution in [1.29, 1.82) is 0 Å². The van der Waals surface area contributed by atoms with E-state index in [-0.39, 0.29) is 5.97 Å². The highest BCUT2D eigenvalue weighted by atomic mass is 32.1. The highest BCUT2D eigenvalue weighted by Crippen LogP contribution is 2.37. The molecule has 0 saturated heterocycles. The normalized spacial score (nSPS) is 14.0. The Morgan fingerprint density at radius 2 is 2.12 bits per heavy atom. The first-order chi connectivity index (χ1) is 12.7. The van der Waals surface area contributed by atoms with Gasteiger partial charge in [0.05, 0.1) is 25.0 Å². The van der Waals surface area contributed by atoms with Crippen molar-refractivity contribution in [2.75, 3.05) is 11.9 Å². The number of thiophene rings is 1. The van der Waals surface area contributed by atoms with Crippen LogP contribution >= 0.6 is 23.6 Å². The molecule has 0 unspecified atom stereocenters. The quantitative estimate of drug-likeness (QED) is 0.570. The molecule has 26 heavy (non-hydrogen) atoms. The summed E-state index contributed by atoms with van der Waals surface area (Å²) in [4.78, 5) is 13.9. The molecule has 1 aliphatic rings. The van der Waals surface area contributed by atoms with Crippen molar-refractivity contribution < 1.29 is 13.9 Å². The molecular weight excluding hydrogens is 368 g/mol. The number of hydrogen-bond acceptors (Lipinski definition) is 5. The predicted octanol–water partition coefficient (Wildman–Crippen LogP) is 4.66. The number of fused-ring (bicyclic) bond motifs is 1. The molecule has 2 N–H and O–H groups in total. The topological polar surface area (TPSA) is 63.5 Å². The second-order valence-corrected chi connectivity index (χ2v) is 7.74. The summed E-state index contributed by atoms with van der Waals surface area (Å²) in [5.74, 6) is 0.542. The number of carbonyl (C=O) groups excluding carboxylic acids is 1. The van der Waals surface area contributed by atoms with Crippen molar-refractivity contribution in [3.63, 3.8) is 0 Å². The number of rotatable bonds is 5. The summed E-state index contributed by atoms with van der Waals surface area (Å²) >= 11 is 7.03. The molecule has 0 aromatic carbocycles. The van der Waals surface area contributed by atoms with Gasteiger partial charge in [0, 0.05) is 4.88 Å². The lowest BCUT2D eigenvalue weighted by atomic mass is 9.96. The van der Waals surface area contributed by atoms with Crippen LogP contribution in [0.4, 0.5) is 5.00 Å². The number of aryl methyl sites for hydroxylation is 1. The molecule has 0 fully saturated rings. The number of ether oxygens (including phenoxy) is 1. The third-order valence-electron chi connectivity index (χ3n) is 4.38. The van der Waals surface area contributed by atoms with Gasteiger partial charge < -0.3 is 19.8 Å². The van der Waals surface area contributed by atoms with E-state index in [4.69, 9.17) is 21.4 Å². The van der Waals surface area contributed by atoms with Gasteiger partial charge in [0.25, 0.3) is 0 Å². The van der Waals surface area contributed by atoms with Gasteiger partial charge in [-0.05, 0) is 62.5 Å². The molecule has 0 atom stereocenters. The van der Waals surface area contributed by atoms with Gasteiger partial charge in [0.1, 0.15) is 10.8 Å². The number of furan rings is 1. The van der Waals surface area contributed by atoms with Gasteiger partial charge in [-0.1, -0.05) is 12.8 Å². The van der Waals surface area contributed by atoms with Gasteiger partial charge in [0.2, 0.25) is 0 Å². The SMILES string of the molecule is CCOC(=O)c1c(NC(=S)NCc2ccco2)sc2c1CCCCCC2. The number of esters is 1. The summed E-state index contributed by atoms with van der Waals surface area (Å²) in [5.41, 5.74) is 1.81. The van der Waals surface area contributed by atoms with Crippen molar-refractivity contribution in [3.8, 4) is 0 Å². The van der Waals surface area contributed by atoms with E-state index in [1.54, 1.807) is 17.6 Å². The first kappa shape index (κ1) is 18.9. The van der Waals surface area contributed by atoms with Crippen LogP contribution in [0.2, 0.25) is 0 Å². The maximum atomic E-state index is 12.6. The van der Waals surface area contributed by atoms with Gasteiger partial charge in [-0.15, -0.1) is 11.3 Å². The first-order valence-corrected chi connectivity index (χ1v) is 10.3. The molecule has 0 amide bonds. The molecule has 5 nitrogen and oxygen atoms in total. The number of thiocarbonyl (C=S) groups is 1. The zero-order valence-electron chi connectivity index (χ0n) is 14.9. The molecule has 140 valence electrons. The Labute approximate surface area is 163 Å². The Morgan fingerprint density at radius 3 is 2.85 bits per heavy atom. The van der Waals surface area contributed by atoms with E-state index in [1.165, 1.54) is 17.7 Å². The van der Waals surface area contributed by atoms with Crippen molar-refractivity contribution in [1.82, 2.24) is 5.32 Å². The van der Waals surface area contributed by atoms with Crippen LogP contribution in [-0.4, -0.2) is 17.7 Å². The van der Waals surface area contributed by atoms with Crippen LogP contribution in [0.3, 0.4) is 0 Å². The molecule has 0 radical (unpaired) electrons. The molecule has 3 rings (SSSR count). The Bertz CT molecular complexity index is 753. The summed E-state index contributed by atoms with van der Waals surface area (Å²) in [5, 5.41) is 7.58. The number of carbonyl (C=O) groups is 1. The second kappa shape index (κ2) is 9.19. The van der Waals surface area contributed by atoms with Crippen molar-refractivity contribution in [3.05, 3.63) is 40.2 Å². The van der Waals surface area contributed by atoms with Crippen LogP contribution in [0, 0.1) is 0 Å². The fourth-order valence-electron chi connectivity index (χ4n) is 3.15. The molecular formula is C19H24N2O3S2. The lowest BCUT2D eigenvalue weighted by Gasteiger charge is -2.12. The molecule has 0 bridgehead atoms. The van der Waals surface area contributed by atoms with Crippen molar-refractivity contribution >= 4 is 39.6 Å². The second-order valence-electron chi connectivity index (χ2n) is 6.23. The van der Waals surface area contributed by atoms with E-state index >= 15 is 0 Å². The Hall–Kier alpha value is -1.86. The highest BCUT2D eigenvalue weighted by Gasteiger charge is 2.25. The zero-order valence-corrected chi connectivity index (χ0v) is 16.6. The van der Waals surface area contributed by atoms with Gasteiger partial charge >= 0.3 is 5.97 Å². The third kappa shape index (κ3) is 4.65. The number of hydrogen-bond donors (Lipinski definition) is 2. The smallest absolute Gasteiger partial charge is 0.341 e. The zero-order chi connectivity index (χ0) is 18.4. The van der Waals surface area contributed by atoms with E-state index in [0.29, 0.717) is 23.8 Å². The van der Waals surface area contributed by atoms with Crippen LogP contribution in [0.1, 0.15) is 59.2 Å². The summed E-state index contributed by atoms with van der Waals surface area (Å²) in [6.07, 6.45) is 8.30. The van der Waals surface area contributed by atoms with Crippen LogP contribution < -0.4 is 10.6 Å². The fraction of sp³-hybridized carbons (Fsp3) is 0.474. The fourth-order valence-corrected chi connectivity index (χ4v) is 4.68. The molecule has 7 heteroatoms. The van der Waals surface area contributed by atoms with E-state index in [9.17, 15) is 4.79 Å². The Kier molecular flexibility index (Phi) is 6.68. The largest absolute Gasteiger partial charge is 0.467 e. The third-order valence-corrected chi connectivity index (χ3v) is 5.83. The standard InChI is InChI=1S/C19H24N2O3S2/c1-2-23-18(22)16-14-9-5-3-4-6-10-15(14)26-17(16)21-19(25)20-12-13-8-7-11-24-13/h7-8,11H,2-6,9-10,12H2,1H3,(H2,20,21,25). The minimum Gasteiger partial charge on any atom is -0.467 e. The molecule has 2 aromatic heterocycles. The maximum absolute atomic E-state index is 12.6. The number of nitrogens with one attached hydrogen (secondary N) is 2. The summed E-state index contributed by atoms with van der Waals surface area (Å²) in [6, 6.07) is 3.72. The van der Waals surface area contributed by atoms with Crippen LogP contribution in [0.5, 0.6) is 0 Å².